The SMILES string of the molecule is O=C(Nc1ccc(Cl)cc1)[C@@H]1CCCN1C(=O)C1CC1. The predicted molar refractivity (Wildman–Crippen MR) is 77.5 cm³/mol. The minimum atomic E-state index is -0.321. The summed E-state index contributed by atoms with van der Waals surface area (Å²) >= 11 is 5.82. The van der Waals surface area contributed by atoms with Gasteiger partial charge in [0, 0.05) is 23.2 Å². The third-order valence-electron chi connectivity index (χ3n) is 3.88. The van der Waals surface area contributed by atoms with Crippen LogP contribution >= 0.6 is 11.6 Å². The summed E-state index contributed by atoms with van der Waals surface area (Å²) in [5, 5.41) is 3.50. The molecule has 1 aliphatic carbocycles. The Morgan fingerprint density at radius 3 is 2.50 bits per heavy atom. The normalized spacial score (nSPS) is 21.9. The van der Waals surface area contributed by atoms with Crippen LogP contribution in [0.3, 0.4) is 0 Å². The van der Waals surface area contributed by atoms with Gasteiger partial charge in [0.05, 0.1) is 0 Å². The van der Waals surface area contributed by atoms with Gasteiger partial charge in [0.2, 0.25) is 11.8 Å². The Bertz CT molecular complexity index is 525. The Hall–Kier alpha value is -1.55. The number of carbonyl (C=O) groups excluding carboxylic acids is 2. The molecule has 0 bridgehead atoms. The number of anilines is 1. The van der Waals surface area contributed by atoms with Crippen LogP contribution in [-0.2, 0) is 9.59 Å². The van der Waals surface area contributed by atoms with Crippen molar-refractivity contribution < 1.29 is 9.59 Å². The highest BCUT2D eigenvalue weighted by molar-refractivity contribution is 6.30. The first kappa shape index (κ1) is 13.4. The van der Waals surface area contributed by atoms with Crippen molar-refractivity contribution >= 4 is 29.1 Å². The van der Waals surface area contributed by atoms with Gasteiger partial charge in [-0.2, -0.15) is 0 Å². The van der Waals surface area contributed by atoms with Crippen LogP contribution in [0.1, 0.15) is 25.7 Å². The first-order valence-corrected chi connectivity index (χ1v) is 7.40. The van der Waals surface area contributed by atoms with E-state index in [2.05, 4.69) is 5.32 Å². The first-order valence-electron chi connectivity index (χ1n) is 7.02. The van der Waals surface area contributed by atoms with E-state index >= 15 is 0 Å². The molecule has 0 radical (unpaired) electrons. The van der Waals surface area contributed by atoms with Crippen molar-refractivity contribution in [2.24, 2.45) is 5.92 Å². The van der Waals surface area contributed by atoms with Gasteiger partial charge in [-0.1, -0.05) is 11.6 Å². The molecule has 1 aromatic carbocycles. The number of nitrogens with zero attached hydrogens (tertiary/aromatic N) is 1. The van der Waals surface area contributed by atoms with Gasteiger partial charge in [0.1, 0.15) is 6.04 Å². The Morgan fingerprint density at radius 2 is 1.85 bits per heavy atom. The van der Waals surface area contributed by atoms with Gasteiger partial charge in [-0.05, 0) is 49.9 Å². The summed E-state index contributed by atoms with van der Waals surface area (Å²) in [6.07, 6.45) is 3.59. The number of hydrogen-bond acceptors (Lipinski definition) is 2. The summed E-state index contributed by atoms with van der Waals surface area (Å²) in [4.78, 5) is 26.2. The van der Waals surface area contributed by atoms with E-state index in [1.807, 2.05) is 0 Å². The molecule has 2 amide bonds. The highest BCUT2D eigenvalue weighted by atomic mass is 35.5. The molecular weight excluding hydrogens is 276 g/mol. The van der Waals surface area contributed by atoms with E-state index in [4.69, 9.17) is 11.6 Å². The third-order valence-corrected chi connectivity index (χ3v) is 4.13. The van der Waals surface area contributed by atoms with E-state index in [9.17, 15) is 9.59 Å². The van der Waals surface area contributed by atoms with Crippen molar-refractivity contribution in [1.82, 2.24) is 4.90 Å². The number of carbonyl (C=O) groups is 2. The molecule has 1 heterocycles. The summed E-state index contributed by atoms with van der Waals surface area (Å²) in [7, 11) is 0. The van der Waals surface area contributed by atoms with E-state index in [0.29, 0.717) is 17.3 Å². The van der Waals surface area contributed by atoms with Gasteiger partial charge < -0.3 is 10.2 Å². The number of nitrogens with one attached hydrogen (secondary N) is 1. The number of rotatable bonds is 3. The second-order valence-electron chi connectivity index (χ2n) is 5.46. The van der Waals surface area contributed by atoms with Gasteiger partial charge in [-0.3, -0.25) is 9.59 Å². The molecule has 1 aliphatic heterocycles. The summed E-state index contributed by atoms with van der Waals surface area (Å²) in [6, 6.07) is 6.68. The molecule has 0 aromatic heterocycles. The standard InChI is InChI=1S/C15H17ClN2O2/c16-11-5-7-12(8-6-11)17-14(19)13-2-1-9-18(13)15(20)10-3-4-10/h5-8,10,13H,1-4,9H2,(H,17,19)/t13-/m0/s1. The van der Waals surface area contributed by atoms with Gasteiger partial charge in [0.15, 0.2) is 0 Å². The van der Waals surface area contributed by atoms with Crippen molar-refractivity contribution in [3.8, 4) is 0 Å². The zero-order valence-corrected chi connectivity index (χ0v) is 11.9. The van der Waals surface area contributed by atoms with Gasteiger partial charge in [0.25, 0.3) is 0 Å². The Labute approximate surface area is 123 Å². The smallest absolute Gasteiger partial charge is 0.247 e. The van der Waals surface area contributed by atoms with Crippen LogP contribution < -0.4 is 5.32 Å². The summed E-state index contributed by atoms with van der Waals surface area (Å²) in [5.41, 5.74) is 0.713. The molecule has 20 heavy (non-hydrogen) atoms. The van der Waals surface area contributed by atoms with Gasteiger partial charge in [-0.15, -0.1) is 0 Å². The second-order valence-corrected chi connectivity index (χ2v) is 5.90. The monoisotopic (exact) mass is 292 g/mol. The van der Waals surface area contributed by atoms with Crippen LogP contribution in [0.15, 0.2) is 24.3 Å². The molecule has 2 aliphatic rings. The minimum Gasteiger partial charge on any atom is -0.330 e. The highest BCUT2D eigenvalue weighted by Gasteiger charge is 2.40. The molecule has 1 saturated carbocycles. The fourth-order valence-electron chi connectivity index (χ4n) is 2.63. The van der Waals surface area contributed by atoms with Crippen molar-refractivity contribution in [3.63, 3.8) is 0 Å². The van der Waals surface area contributed by atoms with E-state index in [1.165, 1.54) is 0 Å². The maximum atomic E-state index is 12.3. The molecule has 1 saturated heterocycles. The lowest BCUT2D eigenvalue weighted by Crippen LogP contribution is -2.43. The predicted octanol–water partition coefficient (Wildman–Crippen LogP) is 2.68. The van der Waals surface area contributed by atoms with E-state index < -0.39 is 0 Å². The lowest BCUT2D eigenvalue weighted by atomic mass is 10.2. The van der Waals surface area contributed by atoms with Crippen LogP contribution in [0.5, 0.6) is 0 Å². The van der Waals surface area contributed by atoms with Gasteiger partial charge in [-0.25, -0.2) is 0 Å². The first-order chi connectivity index (χ1) is 9.65. The van der Waals surface area contributed by atoms with Crippen molar-refractivity contribution in [3.05, 3.63) is 29.3 Å². The van der Waals surface area contributed by atoms with Crippen LogP contribution in [0, 0.1) is 5.92 Å². The zero-order chi connectivity index (χ0) is 14.1. The maximum absolute atomic E-state index is 12.3. The van der Waals surface area contributed by atoms with Crippen molar-refractivity contribution in [2.45, 2.75) is 31.7 Å². The molecule has 1 N–H and O–H groups in total. The molecule has 1 aromatic rings. The number of benzene rings is 1. The Kier molecular flexibility index (Phi) is 3.66. The highest BCUT2D eigenvalue weighted by Crippen LogP contribution is 2.33. The molecule has 1 atom stereocenters. The zero-order valence-electron chi connectivity index (χ0n) is 11.1. The van der Waals surface area contributed by atoms with Crippen LogP contribution in [0.4, 0.5) is 5.69 Å². The van der Waals surface area contributed by atoms with Crippen LogP contribution in [0.2, 0.25) is 5.02 Å². The van der Waals surface area contributed by atoms with E-state index in [1.54, 1.807) is 29.2 Å². The summed E-state index contributed by atoms with van der Waals surface area (Å²) in [6.45, 7) is 0.702. The largest absolute Gasteiger partial charge is 0.330 e. The van der Waals surface area contributed by atoms with E-state index in [-0.39, 0.29) is 23.8 Å². The number of halogens is 1. The van der Waals surface area contributed by atoms with Crippen molar-refractivity contribution in [2.75, 3.05) is 11.9 Å². The van der Waals surface area contributed by atoms with Crippen molar-refractivity contribution in [1.29, 1.82) is 0 Å². The number of likely N-dealkylation sites (tertiary alicyclic amines) is 1. The molecule has 3 rings (SSSR count). The molecule has 2 fully saturated rings. The Morgan fingerprint density at radius 1 is 1.15 bits per heavy atom. The topological polar surface area (TPSA) is 49.4 Å². The molecule has 0 unspecified atom stereocenters. The molecule has 106 valence electrons. The second kappa shape index (κ2) is 5.44. The van der Waals surface area contributed by atoms with Crippen LogP contribution in [-0.4, -0.2) is 29.3 Å². The molecular formula is C15H17ClN2O2. The molecule has 5 heteroatoms. The third kappa shape index (κ3) is 2.80. The average Bonchev–Trinajstić information content (AvgIpc) is 3.17. The molecule has 0 spiro atoms. The van der Waals surface area contributed by atoms with Crippen LogP contribution in [0.25, 0.3) is 0 Å². The fourth-order valence-corrected chi connectivity index (χ4v) is 2.75. The van der Waals surface area contributed by atoms with E-state index in [0.717, 1.165) is 25.7 Å². The fraction of sp³-hybridized carbons (Fsp3) is 0.467. The number of hydrogen-bond donors (Lipinski definition) is 1. The Balaban J connectivity index is 1.66. The average molecular weight is 293 g/mol. The molecule has 4 nitrogen and oxygen atoms in total. The van der Waals surface area contributed by atoms with Gasteiger partial charge >= 0.3 is 0 Å². The minimum absolute atomic E-state index is 0.0983. The lowest BCUT2D eigenvalue weighted by Gasteiger charge is -2.24. The quantitative estimate of drug-likeness (QED) is 0.931. The summed E-state index contributed by atoms with van der Waals surface area (Å²) < 4.78 is 0. The summed E-state index contributed by atoms with van der Waals surface area (Å²) in [5.74, 6) is 0.219. The maximum Gasteiger partial charge on any atom is 0.247 e. The number of amides is 2. The lowest BCUT2D eigenvalue weighted by molar-refractivity contribution is -0.137.